The van der Waals surface area contributed by atoms with Crippen LogP contribution in [0.4, 0.5) is 0 Å². The molecule has 2 unspecified atom stereocenters. The molecule has 3 N–H and O–H groups in total. The second-order valence-electron chi connectivity index (χ2n) is 5.30. The van der Waals surface area contributed by atoms with Gasteiger partial charge < -0.3 is 20.6 Å². The van der Waals surface area contributed by atoms with E-state index in [2.05, 4.69) is 0 Å². The van der Waals surface area contributed by atoms with Crippen molar-refractivity contribution in [1.29, 1.82) is 0 Å². The third-order valence-corrected chi connectivity index (χ3v) is 3.29. The lowest BCUT2D eigenvalue weighted by atomic mass is 9.92. The van der Waals surface area contributed by atoms with Crippen LogP contribution < -0.4 is 5.73 Å². The first-order valence-corrected chi connectivity index (χ1v) is 6.76. The molecule has 21 heavy (non-hydrogen) atoms. The highest BCUT2D eigenvalue weighted by atomic mass is 16.3. The average Bonchev–Trinajstić information content (AvgIpc) is 2.44. The molecule has 2 amide bonds. The number of hydrogen-bond donors (Lipinski definition) is 2. The Bertz CT molecular complexity index is 476. The number of benzene rings is 1. The summed E-state index contributed by atoms with van der Waals surface area (Å²) < 4.78 is 0. The fourth-order valence-electron chi connectivity index (χ4n) is 1.99. The quantitative estimate of drug-likeness (QED) is 0.718. The Morgan fingerprint density at radius 1 is 1.14 bits per heavy atom. The van der Waals surface area contributed by atoms with E-state index >= 15 is 0 Å². The van der Waals surface area contributed by atoms with Crippen molar-refractivity contribution >= 4 is 11.8 Å². The topological polar surface area (TPSA) is 86.9 Å². The van der Waals surface area contributed by atoms with Crippen LogP contribution in [0.25, 0.3) is 0 Å². The number of rotatable bonds is 7. The Kier molecular flexibility index (Phi) is 6.33. The zero-order chi connectivity index (χ0) is 16.0. The van der Waals surface area contributed by atoms with E-state index in [1.165, 1.54) is 4.90 Å². The molecule has 0 aliphatic carbocycles. The molecule has 0 heterocycles. The van der Waals surface area contributed by atoms with Crippen molar-refractivity contribution in [3.63, 3.8) is 0 Å². The highest BCUT2D eigenvalue weighted by Gasteiger charge is 2.33. The zero-order valence-electron chi connectivity index (χ0n) is 12.7. The molecule has 0 fully saturated rings. The maximum atomic E-state index is 12.2. The number of aliphatic hydroxyl groups excluding tert-OH is 1. The molecule has 1 rings (SSSR count). The van der Waals surface area contributed by atoms with E-state index in [0.29, 0.717) is 18.7 Å². The van der Waals surface area contributed by atoms with E-state index in [1.54, 1.807) is 37.4 Å². The fourth-order valence-corrected chi connectivity index (χ4v) is 1.99. The summed E-state index contributed by atoms with van der Waals surface area (Å²) in [6.07, 6.45) is -1.47. The molecule has 2 atom stereocenters. The van der Waals surface area contributed by atoms with E-state index in [4.69, 9.17) is 5.73 Å². The second-order valence-corrected chi connectivity index (χ2v) is 5.30. The zero-order valence-corrected chi connectivity index (χ0v) is 12.7. The summed E-state index contributed by atoms with van der Waals surface area (Å²) in [6.45, 7) is 1.13. The van der Waals surface area contributed by atoms with Crippen LogP contribution in [0.2, 0.25) is 0 Å². The Hall–Kier alpha value is -1.92. The number of nitrogens with zero attached hydrogens (tertiary/aromatic N) is 2. The SMILES string of the molecule is CN(C)CCN(C)C(=O)C(O)C(C(N)=O)c1ccccc1. The summed E-state index contributed by atoms with van der Waals surface area (Å²) in [7, 11) is 5.38. The number of hydrogen-bond acceptors (Lipinski definition) is 4. The lowest BCUT2D eigenvalue weighted by Crippen LogP contribution is -2.45. The molecule has 0 aromatic heterocycles. The van der Waals surface area contributed by atoms with Crippen LogP contribution in [0, 0.1) is 0 Å². The molecule has 0 bridgehead atoms. The van der Waals surface area contributed by atoms with Gasteiger partial charge >= 0.3 is 0 Å². The van der Waals surface area contributed by atoms with E-state index in [9.17, 15) is 14.7 Å². The van der Waals surface area contributed by atoms with Crippen LogP contribution >= 0.6 is 0 Å². The molecule has 0 spiro atoms. The van der Waals surface area contributed by atoms with Gasteiger partial charge in [-0.2, -0.15) is 0 Å². The van der Waals surface area contributed by atoms with Crippen LogP contribution in [-0.2, 0) is 9.59 Å². The Morgan fingerprint density at radius 3 is 2.19 bits per heavy atom. The van der Waals surface area contributed by atoms with Crippen molar-refractivity contribution in [2.45, 2.75) is 12.0 Å². The van der Waals surface area contributed by atoms with Gasteiger partial charge in [-0.3, -0.25) is 9.59 Å². The van der Waals surface area contributed by atoms with Crippen LogP contribution in [-0.4, -0.2) is 67.1 Å². The minimum absolute atomic E-state index is 0.461. The van der Waals surface area contributed by atoms with Gasteiger partial charge in [0.1, 0.15) is 6.10 Å². The number of nitrogens with two attached hydrogens (primary N) is 1. The van der Waals surface area contributed by atoms with Gasteiger partial charge in [-0.15, -0.1) is 0 Å². The van der Waals surface area contributed by atoms with Gasteiger partial charge in [0.25, 0.3) is 5.91 Å². The van der Waals surface area contributed by atoms with Gasteiger partial charge in [0.2, 0.25) is 5.91 Å². The van der Waals surface area contributed by atoms with Crippen molar-refractivity contribution < 1.29 is 14.7 Å². The molecule has 1 aromatic rings. The maximum absolute atomic E-state index is 12.2. The minimum atomic E-state index is -1.47. The Labute approximate surface area is 125 Å². The Morgan fingerprint density at radius 2 is 1.71 bits per heavy atom. The summed E-state index contributed by atoms with van der Waals surface area (Å²) in [6, 6.07) is 8.60. The lowest BCUT2D eigenvalue weighted by molar-refractivity contribution is -0.143. The van der Waals surface area contributed by atoms with Crippen LogP contribution in [0.15, 0.2) is 30.3 Å². The van der Waals surface area contributed by atoms with Gasteiger partial charge in [0, 0.05) is 20.1 Å². The number of carbonyl (C=O) groups is 2. The summed E-state index contributed by atoms with van der Waals surface area (Å²) in [4.78, 5) is 27.2. The molecule has 6 nitrogen and oxygen atoms in total. The number of carbonyl (C=O) groups excluding carboxylic acids is 2. The summed E-state index contributed by atoms with van der Waals surface area (Å²) in [5, 5.41) is 10.2. The first-order valence-electron chi connectivity index (χ1n) is 6.76. The van der Waals surface area contributed by atoms with Crippen molar-refractivity contribution in [3.05, 3.63) is 35.9 Å². The number of aliphatic hydroxyl groups is 1. The van der Waals surface area contributed by atoms with Gasteiger partial charge in [-0.1, -0.05) is 30.3 Å². The predicted octanol–water partition coefficient (Wildman–Crippen LogP) is -0.364. The largest absolute Gasteiger partial charge is 0.382 e. The maximum Gasteiger partial charge on any atom is 0.252 e. The van der Waals surface area contributed by atoms with Crippen LogP contribution in [0.5, 0.6) is 0 Å². The van der Waals surface area contributed by atoms with Gasteiger partial charge in [-0.05, 0) is 19.7 Å². The molecule has 0 saturated heterocycles. The first kappa shape index (κ1) is 17.1. The molecule has 0 aliphatic heterocycles. The van der Waals surface area contributed by atoms with Gasteiger partial charge in [-0.25, -0.2) is 0 Å². The molecular formula is C15H23N3O3. The minimum Gasteiger partial charge on any atom is -0.382 e. The molecule has 0 saturated carbocycles. The van der Waals surface area contributed by atoms with Crippen molar-refractivity contribution in [2.75, 3.05) is 34.2 Å². The van der Waals surface area contributed by atoms with Crippen molar-refractivity contribution in [3.8, 4) is 0 Å². The molecule has 1 aromatic carbocycles. The predicted molar refractivity (Wildman–Crippen MR) is 80.6 cm³/mol. The molecule has 116 valence electrons. The second kappa shape index (κ2) is 7.75. The van der Waals surface area contributed by atoms with Crippen LogP contribution in [0.3, 0.4) is 0 Å². The third-order valence-electron chi connectivity index (χ3n) is 3.29. The van der Waals surface area contributed by atoms with Gasteiger partial charge in [0.05, 0.1) is 5.92 Å². The third kappa shape index (κ3) is 4.84. The number of primary amides is 1. The van der Waals surface area contributed by atoms with Gasteiger partial charge in [0.15, 0.2) is 0 Å². The first-order chi connectivity index (χ1) is 9.84. The monoisotopic (exact) mass is 293 g/mol. The van der Waals surface area contributed by atoms with E-state index < -0.39 is 23.8 Å². The smallest absolute Gasteiger partial charge is 0.252 e. The Balaban J connectivity index is 2.84. The number of amides is 2. The normalized spacial score (nSPS) is 13.8. The van der Waals surface area contributed by atoms with E-state index in [-0.39, 0.29) is 0 Å². The fraction of sp³-hybridized carbons (Fsp3) is 0.467. The van der Waals surface area contributed by atoms with Crippen molar-refractivity contribution in [2.24, 2.45) is 5.73 Å². The number of likely N-dealkylation sites (N-methyl/N-ethyl adjacent to an activating group) is 2. The van der Waals surface area contributed by atoms with E-state index in [0.717, 1.165) is 0 Å². The average molecular weight is 293 g/mol. The van der Waals surface area contributed by atoms with Crippen molar-refractivity contribution in [1.82, 2.24) is 9.80 Å². The van der Waals surface area contributed by atoms with E-state index in [1.807, 2.05) is 19.0 Å². The summed E-state index contributed by atoms with van der Waals surface area (Å²) in [5.41, 5.74) is 5.89. The molecule has 0 aliphatic rings. The summed E-state index contributed by atoms with van der Waals surface area (Å²) >= 11 is 0. The van der Waals surface area contributed by atoms with Crippen LogP contribution in [0.1, 0.15) is 11.5 Å². The standard InChI is InChI=1S/C15H23N3O3/c1-17(2)9-10-18(3)15(21)13(19)12(14(16)20)11-7-5-4-6-8-11/h4-8,12-13,19H,9-10H2,1-3H3,(H2,16,20). The lowest BCUT2D eigenvalue weighted by Gasteiger charge is -2.26. The highest BCUT2D eigenvalue weighted by Crippen LogP contribution is 2.20. The highest BCUT2D eigenvalue weighted by molar-refractivity contribution is 5.91. The summed E-state index contributed by atoms with van der Waals surface area (Å²) in [5.74, 6) is -2.27. The molecule has 0 radical (unpaired) electrons. The molecular weight excluding hydrogens is 270 g/mol. The molecule has 6 heteroatoms.